The molecule has 0 aliphatic rings. The summed E-state index contributed by atoms with van der Waals surface area (Å²) in [6.07, 6.45) is 1.23. The van der Waals surface area contributed by atoms with Gasteiger partial charge in [-0.3, -0.25) is 4.79 Å². The molecule has 0 bridgehead atoms. The Morgan fingerprint density at radius 3 is 2.33 bits per heavy atom. The number of nitrogens with zero attached hydrogens (tertiary/aromatic N) is 1. The molecule has 0 atom stereocenters. The van der Waals surface area contributed by atoms with Crippen molar-refractivity contribution >= 4 is 15.9 Å². The summed E-state index contributed by atoms with van der Waals surface area (Å²) in [5.74, 6) is 0.0173. The highest BCUT2D eigenvalue weighted by molar-refractivity contribution is 9.10. The van der Waals surface area contributed by atoms with E-state index in [9.17, 15) is 9.90 Å². The number of nitrogens with one attached hydrogen (secondary N) is 1. The van der Waals surface area contributed by atoms with Gasteiger partial charge in [-0.1, -0.05) is 41.9 Å². The minimum Gasteiger partial charge on any atom is -0.493 e. The lowest BCUT2D eigenvalue weighted by Gasteiger charge is -2.25. The molecule has 0 amide bonds. The van der Waals surface area contributed by atoms with Gasteiger partial charge in [-0.2, -0.15) is 4.98 Å². The van der Waals surface area contributed by atoms with Crippen molar-refractivity contribution in [3.05, 3.63) is 44.9 Å². The van der Waals surface area contributed by atoms with Gasteiger partial charge in [0.1, 0.15) is 11.4 Å². The molecule has 5 nitrogen and oxygen atoms in total. The van der Waals surface area contributed by atoms with Crippen LogP contribution in [0.15, 0.2) is 33.5 Å². The molecular weight excluding hydrogens is 334 g/mol. The molecule has 21 heavy (non-hydrogen) atoms. The number of rotatable bonds is 4. The Kier molecular flexibility index (Phi) is 4.49. The van der Waals surface area contributed by atoms with E-state index in [-0.39, 0.29) is 11.4 Å². The number of nitrogens with two attached hydrogens (primary N) is 1. The first-order valence-electron chi connectivity index (χ1n) is 6.80. The Morgan fingerprint density at radius 1 is 1.29 bits per heavy atom. The van der Waals surface area contributed by atoms with Crippen LogP contribution in [0.3, 0.4) is 0 Å². The molecule has 2 aromatic rings. The molecule has 2 rings (SSSR count). The average molecular weight is 352 g/mol. The highest BCUT2D eigenvalue weighted by Gasteiger charge is 2.27. The first-order valence-corrected chi connectivity index (χ1v) is 7.59. The summed E-state index contributed by atoms with van der Waals surface area (Å²) in [4.78, 5) is 19.1. The van der Waals surface area contributed by atoms with Gasteiger partial charge in [0, 0.05) is 4.47 Å². The van der Waals surface area contributed by atoms with E-state index in [4.69, 9.17) is 5.73 Å². The maximum Gasteiger partial charge on any atom is 0.262 e. The van der Waals surface area contributed by atoms with Gasteiger partial charge in [0.25, 0.3) is 5.56 Å². The van der Waals surface area contributed by atoms with Crippen LogP contribution in [-0.4, -0.2) is 15.1 Å². The lowest BCUT2D eigenvalue weighted by molar-refractivity contribution is 0.372. The zero-order valence-corrected chi connectivity index (χ0v) is 13.6. The van der Waals surface area contributed by atoms with Crippen LogP contribution in [0, 0.1) is 0 Å². The monoisotopic (exact) mass is 351 g/mol. The number of benzene rings is 1. The van der Waals surface area contributed by atoms with E-state index >= 15 is 0 Å². The maximum absolute atomic E-state index is 12.3. The molecule has 0 spiro atoms. The minimum atomic E-state index is -0.741. The molecule has 0 aliphatic carbocycles. The topological polar surface area (TPSA) is 92.0 Å². The first-order chi connectivity index (χ1) is 9.91. The normalized spacial score (nSPS) is 11.6. The standard InChI is InChI=1S/C15H18BrN3O2/c1-3-15(17,4-2)14-18-12(20)11(13(21)19-14)9-5-7-10(16)8-6-9/h5-8H,3-4,17H2,1-2H3,(H2,18,19,20,21). The smallest absolute Gasteiger partial charge is 0.262 e. The van der Waals surface area contributed by atoms with Gasteiger partial charge in [-0.05, 0) is 30.5 Å². The van der Waals surface area contributed by atoms with Crippen LogP contribution in [-0.2, 0) is 5.54 Å². The third-order valence-corrected chi connectivity index (χ3v) is 4.30. The third-order valence-electron chi connectivity index (χ3n) is 3.77. The lowest BCUT2D eigenvalue weighted by Crippen LogP contribution is -2.38. The quantitative estimate of drug-likeness (QED) is 0.789. The van der Waals surface area contributed by atoms with Gasteiger partial charge in [-0.25, -0.2) is 0 Å². The largest absolute Gasteiger partial charge is 0.493 e. The number of hydrogen-bond acceptors (Lipinski definition) is 4. The fourth-order valence-corrected chi connectivity index (χ4v) is 2.42. The Morgan fingerprint density at radius 2 is 1.86 bits per heavy atom. The Labute approximate surface area is 131 Å². The number of H-pyrrole nitrogens is 1. The molecule has 0 unspecified atom stereocenters. The van der Waals surface area contributed by atoms with Gasteiger partial charge in [0.2, 0.25) is 5.88 Å². The molecule has 0 aliphatic heterocycles. The van der Waals surface area contributed by atoms with E-state index in [0.717, 1.165) is 4.47 Å². The van der Waals surface area contributed by atoms with Crippen molar-refractivity contribution in [2.45, 2.75) is 32.2 Å². The van der Waals surface area contributed by atoms with Gasteiger partial charge in [-0.15, -0.1) is 0 Å². The molecule has 112 valence electrons. The Bertz CT molecular complexity index is 691. The predicted octanol–water partition coefficient (Wildman–Crippen LogP) is 2.88. The molecule has 1 aromatic carbocycles. The minimum absolute atomic E-state index is 0.154. The van der Waals surface area contributed by atoms with Crippen LogP contribution in [0.1, 0.15) is 32.5 Å². The van der Waals surface area contributed by atoms with E-state index in [1.54, 1.807) is 24.3 Å². The molecule has 0 radical (unpaired) electrons. The summed E-state index contributed by atoms with van der Waals surface area (Å²) in [5.41, 5.74) is 5.84. The molecule has 1 aromatic heterocycles. The van der Waals surface area contributed by atoms with Gasteiger partial charge >= 0.3 is 0 Å². The summed E-state index contributed by atoms with van der Waals surface area (Å²) in [6.45, 7) is 3.84. The van der Waals surface area contributed by atoms with Crippen LogP contribution < -0.4 is 11.3 Å². The number of aromatic hydroxyl groups is 1. The van der Waals surface area contributed by atoms with Gasteiger partial charge in [0.05, 0.1) is 5.54 Å². The van der Waals surface area contributed by atoms with Crippen LogP contribution in [0.4, 0.5) is 0 Å². The maximum atomic E-state index is 12.3. The Balaban J connectivity index is 2.57. The van der Waals surface area contributed by atoms with E-state index < -0.39 is 11.1 Å². The molecule has 1 heterocycles. The molecule has 6 heteroatoms. The summed E-state index contributed by atoms with van der Waals surface area (Å²) in [7, 11) is 0. The fraction of sp³-hybridized carbons (Fsp3) is 0.333. The number of aromatic amines is 1. The van der Waals surface area contributed by atoms with E-state index in [1.165, 1.54) is 0 Å². The van der Waals surface area contributed by atoms with Crippen LogP contribution in [0.25, 0.3) is 11.1 Å². The zero-order chi connectivity index (χ0) is 15.6. The second-order valence-corrected chi connectivity index (χ2v) is 5.90. The van der Waals surface area contributed by atoms with Gasteiger partial charge < -0.3 is 15.8 Å². The van der Waals surface area contributed by atoms with Crippen molar-refractivity contribution < 1.29 is 5.11 Å². The van der Waals surface area contributed by atoms with Crippen molar-refractivity contribution in [3.63, 3.8) is 0 Å². The molecular formula is C15H18BrN3O2. The highest BCUT2D eigenvalue weighted by atomic mass is 79.9. The SMILES string of the molecule is CCC(N)(CC)c1nc(O)c(-c2ccc(Br)cc2)c(=O)[nH]1. The van der Waals surface area contributed by atoms with E-state index in [0.29, 0.717) is 24.2 Å². The predicted molar refractivity (Wildman–Crippen MR) is 86.1 cm³/mol. The number of aromatic nitrogens is 2. The van der Waals surface area contributed by atoms with Crippen molar-refractivity contribution in [3.8, 4) is 17.0 Å². The average Bonchev–Trinajstić information content (AvgIpc) is 2.47. The van der Waals surface area contributed by atoms with Gasteiger partial charge in [0.15, 0.2) is 0 Å². The summed E-state index contributed by atoms with van der Waals surface area (Å²) in [5, 5.41) is 10.2. The molecule has 4 N–H and O–H groups in total. The highest BCUT2D eigenvalue weighted by Crippen LogP contribution is 2.28. The zero-order valence-electron chi connectivity index (χ0n) is 12.0. The summed E-state index contributed by atoms with van der Waals surface area (Å²) in [6, 6.07) is 7.08. The second-order valence-electron chi connectivity index (χ2n) is 4.98. The number of hydrogen-bond donors (Lipinski definition) is 3. The molecule has 0 saturated carbocycles. The molecule has 0 saturated heterocycles. The van der Waals surface area contributed by atoms with Crippen LogP contribution >= 0.6 is 15.9 Å². The van der Waals surface area contributed by atoms with Crippen molar-refractivity contribution in [2.24, 2.45) is 5.73 Å². The lowest BCUT2D eigenvalue weighted by atomic mass is 9.93. The van der Waals surface area contributed by atoms with Crippen molar-refractivity contribution in [1.29, 1.82) is 0 Å². The van der Waals surface area contributed by atoms with E-state index in [1.807, 2.05) is 13.8 Å². The van der Waals surface area contributed by atoms with Crippen molar-refractivity contribution in [1.82, 2.24) is 9.97 Å². The summed E-state index contributed by atoms with van der Waals surface area (Å²) < 4.78 is 0.893. The third kappa shape index (κ3) is 3.01. The fourth-order valence-electron chi connectivity index (χ4n) is 2.16. The first kappa shape index (κ1) is 15.7. The second kappa shape index (κ2) is 5.99. The van der Waals surface area contributed by atoms with Crippen molar-refractivity contribution in [2.75, 3.05) is 0 Å². The van der Waals surface area contributed by atoms with E-state index in [2.05, 4.69) is 25.9 Å². The molecule has 0 fully saturated rings. The number of halogens is 1. The Hall–Kier alpha value is -1.66. The summed E-state index contributed by atoms with van der Waals surface area (Å²) >= 11 is 3.33. The van der Waals surface area contributed by atoms with Crippen LogP contribution in [0.5, 0.6) is 5.88 Å². The van der Waals surface area contributed by atoms with Crippen LogP contribution in [0.2, 0.25) is 0 Å².